The second kappa shape index (κ2) is 8.97. The number of fused-ring (bicyclic) bond motifs is 1. The number of likely N-dealkylation sites (N-methyl/N-ethyl adjacent to an activating group) is 1. The van der Waals surface area contributed by atoms with Crippen molar-refractivity contribution < 1.29 is 9.53 Å². The van der Waals surface area contributed by atoms with Gasteiger partial charge in [-0.3, -0.25) is 4.79 Å². The Bertz CT molecular complexity index is 820. The van der Waals surface area contributed by atoms with Crippen molar-refractivity contribution in [3.63, 3.8) is 0 Å². The van der Waals surface area contributed by atoms with Gasteiger partial charge < -0.3 is 14.5 Å². The summed E-state index contributed by atoms with van der Waals surface area (Å²) in [4.78, 5) is 17.7. The number of anilines is 1. The number of amides is 1. The molecule has 2 atom stereocenters. The molecule has 150 valence electrons. The van der Waals surface area contributed by atoms with Gasteiger partial charge in [0.1, 0.15) is 5.75 Å². The molecule has 5 heteroatoms. The van der Waals surface area contributed by atoms with Crippen LogP contribution in [0.1, 0.15) is 30.4 Å². The van der Waals surface area contributed by atoms with Gasteiger partial charge in [-0.25, -0.2) is 0 Å². The average molecular weight is 401 g/mol. The average Bonchev–Trinajstić information content (AvgIpc) is 2.81. The smallest absolute Gasteiger partial charge is 0.230 e. The highest BCUT2D eigenvalue weighted by Gasteiger charge is 2.37. The van der Waals surface area contributed by atoms with Crippen molar-refractivity contribution in [3.05, 3.63) is 58.6 Å². The third-order valence-corrected chi connectivity index (χ3v) is 5.99. The number of carbonyl (C=O) groups excluding carboxylic acids is 1. The van der Waals surface area contributed by atoms with Crippen molar-refractivity contribution in [1.29, 1.82) is 0 Å². The molecule has 2 aromatic rings. The van der Waals surface area contributed by atoms with Gasteiger partial charge in [0.15, 0.2) is 0 Å². The first-order valence-corrected chi connectivity index (χ1v) is 10.2. The number of hydrogen-bond donors (Lipinski definition) is 0. The zero-order valence-electron chi connectivity index (χ0n) is 17.1. The van der Waals surface area contributed by atoms with Gasteiger partial charge in [-0.1, -0.05) is 36.7 Å². The van der Waals surface area contributed by atoms with Gasteiger partial charge in [0.05, 0.1) is 7.11 Å². The number of halogens is 1. The van der Waals surface area contributed by atoms with Crippen LogP contribution in [-0.4, -0.2) is 45.1 Å². The van der Waals surface area contributed by atoms with Crippen LogP contribution < -0.4 is 9.64 Å². The van der Waals surface area contributed by atoms with Gasteiger partial charge in [0.2, 0.25) is 5.91 Å². The van der Waals surface area contributed by atoms with E-state index in [2.05, 4.69) is 24.0 Å². The molecule has 0 aliphatic carbocycles. The molecule has 4 nitrogen and oxygen atoms in total. The van der Waals surface area contributed by atoms with Crippen molar-refractivity contribution in [1.82, 2.24) is 4.90 Å². The maximum absolute atomic E-state index is 13.6. The summed E-state index contributed by atoms with van der Waals surface area (Å²) in [6.45, 7) is 3.56. The Morgan fingerprint density at radius 3 is 2.50 bits per heavy atom. The van der Waals surface area contributed by atoms with E-state index in [1.54, 1.807) is 7.11 Å². The zero-order valence-corrected chi connectivity index (χ0v) is 17.9. The number of hydrogen-bond acceptors (Lipinski definition) is 3. The second-order valence-electron chi connectivity index (χ2n) is 7.63. The van der Waals surface area contributed by atoms with Crippen LogP contribution in [0.25, 0.3) is 0 Å². The van der Waals surface area contributed by atoms with Crippen molar-refractivity contribution >= 4 is 23.2 Å². The largest absolute Gasteiger partial charge is 0.497 e. The fraction of sp³-hybridized carbons (Fsp3) is 0.435. The molecule has 0 saturated carbocycles. The van der Waals surface area contributed by atoms with Crippen LogP contribution in [-0.2, 0) is 11.2 Å². The number of nitrogens with zero attached hydrogens (tertiary/aromatic N) is 2. The predicted octanol–water partition coefficient (Wildman–Crippen LogP) is 4.61. The van der Waals surface area contributed by atoms with Crippen LogP contribution in [0.2, 0.25) is 5.02 Å². The van der Waals surface area contributed by atoms with E-state index in [9.17, 15) is 4.79 Å². The van der Waals surface area contributed by atoms with Crippen LogP contribution in [0.3, 0.4) is 0 Å². The van der Waals surface area contributed by atoms with Crippen molar-refractivity contribution in [2.75, 3.05) is 39.2 Å². The van der Waals surface area contributed by atoms with Gasteiger partial charge in [-0.05, 0) is 68.2 Å². The van der Waals surface area contributed by atoms with Crippen molar-refractivity contribution in [2.45, 2.75) is 25.7 Å². The Hall–Kier alpha value is -2.04. The lowest BCUT2D eigenvalue weighted by atomic mass is 9.80. The van der Waals surface area contributed by atoms with Crippen LogP contribution in [0.5, 0.6) is 5.75 Å². The van der Waals surface area contributed by atoms with Crippen LogP contribution >= 0.6 is 11.6 Å². The number of rotatable bonds is 6. The Balaban J connectivity index is 2.06. The second-order valence-corrected chi connectivity index (χ2v) is 8.04. The minimum absolute atomic E-state index is 0.0842. The standard InChI is InChI=1S/C23H29ClN2O2/c1-5-18-19(16-9-11-17(28-4)12-10-16)15-20-21(24)7-6-8-22(20)26(23(18)27)14-13-25(2)3/h6-12,18-19H,5,13-15H2,1-4H3. The minimum Gasteiger partial charge on any atom is -0.497 e. The maximum Gasteiger partial charge on any atom is 0.230 e. The first kappa shape index (κ1) is 20.7. The van der Waals surface area contributed by atoms with E-state index in [-0.39, 0.29) is 17.7 Å². The summed E-state index contributed by atoms with van der Waals surface area (Å²) in [6, 6.07) is 14.0. The lowest BCUT2D eigenvalue weighted by Crippen LogP contribution is -2.41. The molecule has 3 rings (SSSR count). The summed E-state index contributed by atoms with van der Waals surface area (Å²) in [7, 11) is 5.72. The Morgan fingerprint density at radius 2 is 1.89 bits per heavy atom. The summed E-state index contributed by atoms with van der Waals surface area (Å²) in [6.07, 6.45) is 1.55. The van der Waals surface area contributed by atoms with E-state index in [1.807, 2.05) is 49.3 Å². The quantitative estimate of drug-likeness (QED) is 0.709. The lowest BCUT2D eigenvalue weighted by molar-refractivity contribution is -0.123. The topological polar surface area (TPSA) is 32.8 Å². The fourth-order valence-corrected chi connectivity index (χ4v) is 4.29. The summed E-state index contributed by atoms with van der Waals surface area (Å²) < 4.78 is 5.30. The Morgan fingerprint density at radius 1 is 1.18 bits per heavy atom. The summed E-state index contributed by atoms with van der Waals surface area (Å²) in [5.41, 5.74) is 3.17. The molecule has 0 fully saturated rings. The molecule has 0 radical (unpaired) electrons. The molecule has 2 unspecified atom stereocenters. The number of benzene rings is 2. The Labute approximate surface area is 173 Å². The van der Waals surface area contributed by atoms with E-state index < -0.39 is 0 Å². The monoisotopic (exact) mass is 400 g/mol. The molecule has 1 aliphatic heterocycles. The summed E-state index contributed by atoms with van der Waals surface area (Å²) in [5.74, 6) is 1.01. The molecule has 1 aliphatic rings. The molecule has 0 N–H and O–H groups in total. The van der Waals surface area contributed by atoms with Crippen molar-refractivity contribution in [2.24, 2.45) is 5.92 Å². The van der Waals surface area contributed by atoms with Crippen LogP contribution in [0, 0.1) is 5.92 Å². The Kier molecular flexibility index (Phi) is 6.63. The maximum atomic E-state index is 13.6. The van der Waals surface area contributed by atoms with E-state index in [4.69, 9.17) is 16.3 Å². The van der Waals surface area contributed by atoms with Gasteiger partial charge >= 0.3 is 0 Å². The normalized spacial score (nSPS) is 19.5. The van der Waals surface area contributed by atoms with E-state index in [1.165, 1.54) is 0 Å². The molecule has 0 bridgehead atoms. The molecular formula is C23H29ClN2O2. The van der Waals surface area contributed by atoms with Gasteiger partial charge in [0.25, 0.3) is 0 Å². The van der Waals surface area contributed by atoms with Crippen molar-refractivity contribution in [3.8, 4) is 5.75 Å². The van der Waals surface area contributed by atoms with Crippen LogP contribution in [0.4, 0.5) is 5.69 Å². The summed E-state index contributed by atoms with van der Waals surface area (Å²) in [5, 5.41) is 0.732. The zero-order chi connectivity index (χ0) is 20.3. The fourth-order valence-electron chi connectivity index (χ4n) is 4.05. The number of carbonyl (C=O) groups is 1. The molecule has 0 spiro atoms. The molecular weight excluding hydrogens is 372 g/mol. The van der Waals surface area contributed by atoms with E-state index in [0.29, 0.717) is 6.54 Å². The minimum atomic E-state index is -0.0842. The highest BCUT2D eigenvalue weighted by molar-refractivity contribution is 6.32. The first-order valence-electron chi connectivity index (χ1n) is 9.83. The number of ether oxygens (including phenoxy) is 1. The highest BCUT2D eigenvalue weighted by Crippen LogP contribution is 2.42. The molecule has 2 aromatic carbocycles. The third kappa shape index (κ3) is 4.18. The molecule has 0 aromatic heterocycles. The van der Waals surface area contributed by atoms with Gasteiger partial charge in [-0.2, -0.15) is 0 Å². The molecule has 0 saturated heterocycles. The van der Waals surface area contributed by atoms with E-state index in [0.717, 1.165) is 47.0 Å². The predicted molar refractivity (Wildman–Crippen MR) is 116 cm³/mol. The molecule has 1 amide bonds. The van der Waals surface area contributed by atoms with Gasteiger partial charge in [0, 0.05) is 29.7 Å². The first-order chi connectivity index (χ1) is 13.5. The van der Waals surface area contributed by atoms with E-state index >= 15 is 0 Å². The lowest BCUT2D eigenvalue weighted by Gasteiger charge is -2.29. The summed E-state index contributed by atoms with van der Waals surface area (Å²) >= 11 is 6.61. The highest BCUT2D eigenvalue weighted by atomic mass is 35.5. The molecule has 28 heavy (non-hydrogen) atoms. The third-order valence-electron chi connectivity index (χ3n) is 5.63. The molecule has 1 heterocycles. The van der Waals surface area contributed by atoms with Crippen LogP contribution in [0.15, 0.2) is 42.5 Å². The number of methoxy groups -OCH3 is 1. The van der Waals surface area contributed by atoms with Gasteiger partial charge in [-0.15, -0.1) is 0 Å². The SMILES string of the molecule is CCC1C(=O)N(CCN(C)C)c2cccc(Cl)c2CC1c1ccc(OC)cc1.